The molecule has 1 N–H and O–H groups in total. The van der Waals surface area contributed by atoms with Crippen LogP contribution in [0.4, 0.5) is 24.5 Å². The summed E-state index contributed by atoms with van der Waals surface area (Å²) >= 11 is 0. The fourth-order valence-corrected chi connectivity index (χ4v) is 4.23. The lowest BCUT2D eigenvalue weighted by Crippen LogP contribution is -2.20. The maximum Gasteiger partial charge on any atom is 0.416 e. The summed E-state index contributed by atoms with van der Waals surface area (Å²) in [6.45, 7) is 1.40. The van der Waals surface area contributed by atoms with Crippen molar-refractivity contribution in [2.75, 3.05) is 11.9 Å². The number of aromatic nitrogens is 2. The lowest BCUT2D eigenvalue weighted by molar-refractivity contribution is -0.385. The van der Waals surface area contributed by atoms with E-state index in [-0.39, 0.29) is 33.6 Å². The fourth-order valence-electron chi connectivity index (χ4n) is 4.23. The standard InChI is InChI=1S/C31H22F3N5O5/c1-19-9-12-23(13-10-19)36-28(40)18-44-27-14-11-20(15-26(27)39(42)43)17-35-38-29(21-5-4-6-22(16-21)31(32,33)34)37-25-8-3-2-7-24(25)30(38)41/h2-17H,18H2,1H3,(H,36,40). The van der Waals surface area contributed by atoms with E-state index in [1.54, 1.807) is 30.3 Å². The predicted molar refractivity (Wildman–Crippen MR) is 158 cm³/mol. The summed E-state index contributed by atoms with van der Waals surface area (Å²) in [5.74, 6) is -0.871. The number of carbonyl (C=O) groups excluding carboxylic acids is 1. The van der Waals surface area contributed by atoms with Crippen LogP contribution in [-0.4, -0.2) is 33.3 Å². The monoisotopic (exact) mass is 601 g/mol. The number of anilines is 1. The first-order chi connectivity index (χ1) is 21.0. The van der Waals surface area contributed by atoms with E-state index in [9.17, 15) is 32.9 Å². The second kappa shape index (κ2) is 12.2. The normalized spacial score (nSPS) is 11.5. The molecule has 222 valence electrons. The number of amides is 1. The van der Waals surface area contributed by atoms with Gasteiger partial charge in [-0.15, -0.1) is 0 Å². The molecule has 1 heterocycles. The van der Waals surface area contributed by atoms with Gasteiger partial charge in [0.25, 0.3) is 11.5 Å². The molecule has 10 nitrogen and oxygen atoms in total. The third-order valence-corrected chi connectivity index (χ3v) is 6.40. The number of hydrogen-bond acceptors (Lipinski definition) is 7. The maximum atomic E-state index is 13.4. The molecule has 5 rings (SSSR count). The van der Waals surface area contributed by atoms with Gasteiger partial charge in [-0.05, 0) is 55.5 Å². The van der Waals surface area contributed by atoms with Gasteiger partial charge in [0.1, 0.15) is 0 Å². The van der Waals surface area contributed by atoms with E-state index in [4.69, 9.17) is 4.74 Å². The van der Waals surface area contributed by atoms with Crippen molar-refractivity contribution in [2.24, 2.45) is 5.10 Å². The highest BCUT2D eigenvalue weighted by molar-refractivity contribution is 5.92. The second-order valence-electron chi connectivity index (χ2n) is 9.58. The lowest BCUT2D eigenvalue weighted by atomic mass is 10.1. The van der Waals surface area contributed by atoms with Gasteiger partial charge in [0, 0.05) is 22.9 Å². The van der Waals surface area contributed by atoms with E-state index in [0.717, 1.165) is 34.7 Å². The molecule has 0 saturated carbocycles. The Labute approximate surface area is 247 Å². The van der Waals surface area contributed by atoms with Gasteiger partial charge in [-0.3, -0.25) is 19.7 Å². The molecule has 1 aromatic heterocycles. The Balaban J connectivity index is 1.46. The molecule has 0 aliphatic rings. The van der Waals surface area contributed by atoms with Gasteiger partial charge < -0.3 is 10.1 Å². The number of ether oxygens (including phenoxy) is 1. The average molecular weight is 602 g/mol. The first-order valence-electron chi connectivity index (χ1n) is 13.0. The fraction of sp³-hybridized carbons (Fsp3) is 0.0968. The molecular weight excluding hydrogens is 579 g/mol. The van der Waals surface area contributed by atoms with Gasteiger partial charge in [-0.2, -0.15) is 22.9 Å². The first-order valence-corrected chi connectivity index (χ1v) is 13.0. The molecule has 13 heteroatoms. The average Bonchev–Trinajstić information content (AvgIpc) is 3.00. The highest BCUT2D eigenvalue weighted by Gasteiger charge is 2.31. The summed E-state index contributed by atoms with van der Waals surface area (Å²) in [6, 6.07) is 21.4. The van der Waals surface area contributed by atoms with E-state index >= 15 is 0 Å². The van der Waals surface area contributed by atoms with Gasteiger partial charge in [-0.25, -0.2) is 4.98 Å². The molecule has 0 radical (unpaired) electrons. The van der Waals surface area contributed by atoms with Crippen molar-refractivity contribution in [3.63, 3.8) is 0 Å². The van der Waals surface area contributed by atoms with Crippen LogP contribution in [0.3, 0.4) is 0 Å². The third-order valence-electron chi connectivity index (χ3n) is 6.40. The number of aryl methyl sites for hydroxylation is 1. The summed E-state index contributed by atoms with van der Waals surface area (Å²) in [5.41, 5.74) is -0.124. The molecule has 0 aliphatic heterocycles. The van der Waals surface area contributed by atoms with E-state index in [1.807, 2.05) is 19.1 Å². The Hall–Kier alpha value is -5.85. The predicted octanol–water partition coefficient (Wildman–Crippen LogP) is 6.20. The van der Waals surface area contributed by atoms with Crippen LogP contribution in [-0.2, 0) is 11.0 Å². The molecule has 0 bridgehead atoms. The van der Waals surface area contributed by atoms with Crippen molar-refractivity contribution in [1.82, 2.24) is 9.66 Å². The molecule has 5 aromatic rings. The van der Waals surface area contributed by atoms with Crippen LogP contribution in [0.1, 0.15) is 16.7 Å². The van der Waals surface area contributed by atoms with Crippen molar-refractivity contribution >= 4 is 34.4 Å². The van der Waals surface area contributed by atoms with Gasteiger partial charge in [0.15, 0.2) is 18.2 Å². The van der Waals surface area contributed by atoms with Crippen molar-refractivity contribution in [1.29, 1.82) is 0 Å². The highest BCUT2D eigenvalue weighted by atomic mass is 19.4. The minimum Gasteiger partial charge on any atom is -0.477 e. The smallest absolute Gasteiger partial charge is 0.416 e. The molecule has 0 unspecified atom stereocenters. The number of alkyl halides is 3. The van der Waals surface area contributed by atoms with Crippen LogP contribution in [0.2, 0.25) is 0 Å². The van der Waals surface area contributed by atoms with Crippen molar-refractivity contribution in [2.45, 2.75) is 13.1 Å². The number of carbonyl (C=O) groups is 1. The van der Waals surface area contributed by atoms with Crippen LogP contribution in [0, 0.1) is 17.0 Å². The van der Waals surface area contributed by atoms with E-state index in [2.05, 4.69) is 15.4 Å². The van der Waals surface area contributed by atoms with Crippen LogP contribution < -0.4 is 15.6 Å². The zero-order chi connectivity index (χ0) is 31.4. The van der Waals surface area contributed by atoms with E-state index < -0.39 is 40.4 Å². The summed E-state index contributed by atoms with van der Waals surface area (Å²) in [7, 11) is 0. The quantitative estimate of drug-likeness (QED) is 0.128. The zero-order valence-corrected chi connectivity index (χ0v) is 22.9. The molecule has 0 saturated heterocycles. The maximum absolute atomic E-state index is 13.4. The van der Waals surface area contributed by atoms with Gasteiger partial charge in [0.05, 0.1) is 27.6 Å². The Morgan fingerprint density at radius 1 is 1.05 bits per heavy atom. The molecule has 1 amide bonds. The van der Waals surface area contributed by atoms with Crippen LogP contribution in [0.5, 0.6) is 5.75 Å². The Morgan fingerprint density at radius 2 is 1.80 bits per heavy atom. The van der Waals surface area contributed by atoms with Crippen LogP contribution >= 0.6 is 0 Å². The summed E-state index contributed by atoms with van der Waals surface area (Å²) in [6.07, 6.45) is -3.50. The Kier molecular flexibility index (Phi) is 8.20. The number of nitro groups is 1. The van der Waals surface area contributed by atoms with E-state index in [0.29, 0.717) is 5.69 Å². The minimum absolute atomic E-state index is 0.0153. The number of fused-ring (bicyclic) bond motifs is 1. The van der Waals surface area contributed by atoms with Crippen molar-refractivity contribution < 1.29 is 27.6 Å². The van der Waals surface area contributed by atoms with Gasteiger partial charge in [0.2, 0.25) is 0 Å². The topological polar surface area (TPSA) is 129 Å². The number of para-hydroxylation sites is 1. The Bertz CT molecular complexity index is 1970. The number of nitro benzene ring substituents is 1. The number of halogens is 3. The lowest BCUT2D eigenvalue weighted by Gasteiger charge is -2.12. The molecule has 0 atom stereocenters. The number of benzene rings is 4. The van der Waals surface area contributed by atoms with Crippen molar-refractivity contribution in [3.8, 4) is 17.1 Å². The second-order valence-corrected chi connectivity index (χ2v) is 9.58. The van der Waals surface area contributed by atoms with Gasteiger partial charge in [-0.1, -0.05) is 42.0 Å². The summed E-state index contributed by atoms with van der Waals surface area (Å²) in [4.78, 5) is 41.2. The summed E-state index contributed by atoms with van der Waals surface area (Å²) < 4.78 is 46.5. The van der Waals surface area contributed by atoms with Crippen LogP contribution in [0.25, 0.3) is 22.3 Å². The molecule has 0 fully saturated rings. The zero-order valence-electron chi connectivity index (χ0n) is 22.9. The largest absolute Gasteiger partial charge is 0.477 e. The molecule has 44 heavy (non-hydrogen) atoms. The van der Waals surface area contributed by atoms with Crippen LogP contribution in [0.15, 0.2) is 101 Å². The number of rotatable bonds is 8. The molecule has 0 aliphatic carbocycles. The number of nitrogens with one attached hydrogen (secondary N) is 1. The van der Waals surface area contributed by atoms with Gasteiger partial charge >= 0.3 is 11.9 Å². The third kappa shape index (κ3) is 6.62. The number of hydrogen-bond donors (Lipinski definition) is 1. The van der Waals surface area contributed by atoms with E-state index in [1.165, 1.54) is 30.3 Å². The molecular formula is C31H22F3N5O5. The molecule has 4 aromatic carbocycles. The number of nitrogens with zero attached hydrogens (tertiary/aromatic N) is 4. The minimum atomic E-state index is -4.63. The first kappa shape index (κ1) is 29.6. The highest BCUT2D eigenvalue weighted by Crippen LogP contribution is 2.32. The summed E-state index contributed by atoms with van der Waals surface area (Å²) in [5, 5.41) is 18.7. The SMILES string of the molecule is Cc1ccc(NC(=O)COc2ccc(C=Nn3c(-c4cccc(C(F)(F)F)c4)nc4ccccc4c3=O)cc2[N+](=O)[O-])cc1. The van der Waals surface area contributed by atoms with Crippen molar-refractivity contribution in [3.05, 3.63) is 128 Å². The Morgan fingerprint density at radius 3 is 2.52 bits per heavy atom. The molecule has 0 spiro atoms.